The van der Waals surface area contributed by atoms with Crippen LogP contribution in [0.1, 0.15) is 34.6 Å². The van der Waals surface area contributed by atoms with Gasteiger partial charge in [-0.1, -0.05) is 29.8 Å². The zero-order valence-electron chi connectivity index (χ0n) is 16.0. The summed E-state index contributed by atoms with van der Waals surface area (Å²) < 4.78 is 1.53. The molecule has 1 unspecified atom stereocenters. The monoisotopic (exact) mass is 385 g/mol. The Hall–Kier alpha value is -3.94. The van der Waals surface area contributed by atoms with Crippen molar-refractivity contribution in [2.45, 2.75) is 19.9 Å². The molecular weight excluding hydrogens is 366 g/mol. The maximum absolute atomic E-state index is 13.0. The average molecular weight is 385 g/mol. The maximum Gasteiger partial charge on any atom is 0.251 e. The highest BCUT2D eigenvalue weighted by molar-refractivity contribution is 5.96. The molecule has 0 bridgehead atoms. The van der Waals surface area contributed by atoms with E-state index in [-0.39, 0.29) is 11.9 Å². The molecule has 8 heteroatoms. The number of rotatable bonds is 5. The van der Waals surface area contributed by atoms with Gasteiger partial charge in [0.15, 0.2) is 0 Å². The third-order valence-corrected chi connectivity index (χ3v) is 4.55. The number of aryl methyl sites for hydroxylation is 1. The SMILES string of the molecule is Cc1ccc(-c2cc(C(=O)NC(C)c3cnccn3)cc(-n3cnnn3)c2)cc1. The molecule has 2 aromatic heterocycles. The van der Waals surface area contributed by atoms with Gasteiger partial charge in [-0.05, 0) is 53.6 Å². The van der Waals surface area contributed by atoms with E-state index in [1.54, 1.807) is 24.7 Å². The van der Waals surface area contributed by atoms with Crippen LogP contribution >= 0.6 is 0 Å². The van der Waals surface area contributed by atoms with Crippen LogP contribution in [0.15, 0.2) is 67.4 Å². The van der Waals surface area contributed by atoms with Crippen molar-refractivity contribution in [2.75, 3.05) is 0 Å². The number of hydrogen-bond donors (Lipinski definition) is 1. The van der Waals surface area contributed by atoms with Gasteiger partial charge in [0.25, 0.3) is 5.91 Å². The van der Waals surface area contributed by atoms with Crippen LogP contribution in [0.4, 0.5) is 0 Å². The van der Waals surface area contributed by atoms with E-state index in [0.29, 0.717) is 16.9 Å². The first-order valence-corrected chi connectivity index (χ1v) is 9.12. The van der Waals surface area contributed by atoms with Gasteiger partial charge < -0.3 is 5.32 Å². The van der Waals surface area contributed by atoms with E-state index in [2.05, 4.69) is 30.8 Å². The fraction of sp³-hybridized carbons (Fsp3) is 0.143. The van der Waals surface area contributed by atoms with Gasteiger partial charge in [-0.25, -0.2) is 4.68 Å². The van der Waals surface area contributed by atoms with Gasteiger partial charge in [-0.15, -0.1) is 5.10 Å². The van der Waals surface area contributed by atoms with Crippen LogP contribution in [0.2, 0.25) is 0 Å². The minimum absolute atomic E-state index is 0.216. The molecule has 1 atom stereocenters. The zero-order chi connectivity index (χ0) is 20.2. The Balaban J connectivity index is 1.70. The van der Waals surface area contributed by atoms with E-state index in [4.69, 9.17) is 0 Å². The summed E-state index contributed by atoms with van der Waals surface area (Å²) in [5, 5.41) is 14.3. The molecule has 0 fully saturated rings. The molecule has 144 valence electrons. The van der Waals surface area contributed by atoms with E-state index in [1.807, 2.05) is 50.2 Å². The van der Waals surface area contributed by atoms with Gasteiger partial charge in [-0.3, -0.25) is 14.8 Å². The summed E-state index contributed by atoms with van der Waals surface area (Å²) in [4.78, 5) is 21.3. The highest BCUT2D eigenvalue weighted by Crippen LogP contribution is 2.25. The summed E-state index contributed by atoms with van der Waals surface area (Å²) in [6.45, 7) is 3.90. The van der Waals surface area contributed by atoms with Crippen molar-refractivity contribution in [3.63, 3.8) is 0 Å². The molecule has 0 saturated carbocycles. The molecule has 2 heterocycles. The number of carbonyl (C=O) groups is 1. The quantitative estimate of drug-likeness (QED) is 0.567. The molecule has 0 radical (unpaired) electrons. The third-order valence-electron chi connectivity index (χ3n) is 4.55. The van der Waals surface area contributed by atoms with E-state index < -0.39 is 0 Å². The molecule has 4 aromatic rings. The topological polar surface area (TPSA) is 98.5 Å². The molecule has 1 amide bonds. The van der Waals surface area contributed by atoms with Gasteiger partial charge in [-0.2, -0.15) is 0 Å². The molecule has 0 saturated heterocycles. The van der Waals surface area contributed by atoms with Crippen molar-refractivity contribution in [2.24, 2.45) is 0 Å². The molecular formula is C21H19N7O. The van der Waals surface area contributed by atoms with E-state index in [1.165, 1.54) is 16.6 Å². The minimum Gasteiger partial charge on any atom is -0.344 e. The van der Waals surface area contributed by atoms with Gasteiger partial charge in [0, 0.05) is 18.0 Å². The Bertz CT molecular complexity index is 1110. The number of benzene rings is 2. The summed E-state index contributed by atoms with van der Waals surface area (Å²) in [5.41, 5.74) is 4.96. The van der Waals surface area contributed by atoms with Crippen molar-refractivity contribution in [3.05, 3.63) is 84.2 Å². The Labute approximate surface area is 167 Å². The fourth-order valence-corrected chi connectivity index (χ4v) is 2.95. The van der Waals surface area contributed by atoms with Crippen LogP contribution in [0.3, 0.4) is 0 Å². The number of tetrazole rings is 1. The predicted molar refractivity (Wildman–Crippen MR) is 107 cm³/mol. The lowest BCUT2D eigenvalue weighted by Gasteiger charge is -2.14. The molecule has 1 N–H and O–H groups in total. The van der Waals surface area contributed by atoms with Gasteiger partial charge >= 0.3 is 0 Å². The third kappa shape index (κ3) is 4.16. The minimum atomic E-state index is -0.282. The van der Waals surface area contributed by atoms with Crippen LogP contribution in [-0.4, -0.2) is 36.1 Å². The first-order valence-electron chi connectivity index (χ1n) is 9.12. The molecule has 2 aromatic carbocycles. The number of amides is 1. The van der Waals surface area contributed by atoms with Crippen LogP contribution < -0.4 is 5.32 Å². The predicted octanol–water partition coefficient (Wildman–Crippen LogP) is 2.92. The normalized spacial score (nSPS) is 11.8. The highest BCUT2D eigenvalue weighted by atomic mass is 16.1. The van der Waals surface area contributed by atoms with E-state index >= 15 is 0 Å². The number of carbonyl (C=O) groups excluding carboxylic acids is 1. The van der Waals surface area contributed by atoms with E-state index in [0.717, 1.165) is 11.1 Å². The Morgan fingerprint density at radius 3 is 2.59 bits per heavy atom. The largest absolute Gasteiger partial charge is 0.344 e. The maximum atomic E-state index is 13.0. The van der Waals surface area contributed by atoms with E-state index in [9.17, 15) is 4.79 Å². The van der Waals surface area contributed by atoms with Crippen LogP contribution in [0.5, 0.6) is 0 Å². The number of hydrogen-bond acceptors (Lipinski definition) is 6. The van der Waals surface area contributed by atoms with Crippen LogP contribution in [0.25, 0.3) is 16.8 Å². The molecule has 29 heavy (non-hydrogen) atoms. The number of nitrogens with one attached hydrogen (secondary N) is 1. The summed E-state index contributed by atoms with van der Waals surface area (Å²) >= 11 is 0. The van der Waals surface area contributed by atoms with Crippen molar-refractivity contribution >= 4 is 5.91 Å². The van der Waals surface area contributed by atoms with Crippen molar-refractivity contribution in [3.8, 4) is 16.8 Å². The Morgan fingerprint density at radius 1 is 1.07 bits per heavy atom. The smallest absolute Gasteiger partial charge is 0.251 e. The standard InChI is InChI=1S/C21H19N7O/c1-14-3-5-16(6-4-14)17-9-18(11-19(10-17)28-13-24-26-27-28)21(29)25-15(2)20-12-22-7-8-23-20/h3-13,15H,1-2H3,(H,25,29). The second kappa shape index (κ2) is 7.97. The number of aromatic nitrogens is 6. The Morgan fingerprint density at radius 2 is 1.90 bits per heavy atom. The molecule has 0 aliphatic rings. The van der Waals surface area contributed by atoms with Crippen molar-refractivity contribution in [1.82, 2.24) is 35.5 Å². The fourth-order valence-electron chi connectivity index (χ4n) is 2.95. The molecule has 0 aliphatic carbocycles. The first-order chi connectivity index (χ1) is 14.1. The molecule has 0 spiro atoms. The summed E-state index contributed by atoms with van der Waals surface area (Å²) in [6.07, 6.45) is 6.34. The Kier molecular flexibility index (Phi) is 5.07. The van der Waals surface area contributed by atoms with Gasteiger partial charge in [0.05, 0.1) is 23.6 Å². The summed E-state index contributed by atoms with van der Waals surface area (Å²) in [6, 6.07) is 13.4. The summed E-state index contributed by atoms with van der Waals surface area (Å²) in [7, 11) is 0. The highest BCUT2D eigenvalue weighted by Gasteiger charge is 2.15. The lowest BCUT2D eigenvalue weighted by molar-refractivity contribution is 0.0939. The summed E-state index contributed by atoms with van der Waals surface area (Å²) in [5.74, 6) is -0.216. The van der Waals surface area contributed by atoms with Crippen LogP contribution in [0, 0.1) is 6.92 Å². The molecule has 0 aliphatic heterocycles. The number of nitrogens with zero attached hydrogens (tertiary/aromatic N) is 6. The van der Waals surface area contributed by atoms with Gasteiger partial charge in [0.2, 0.25) is 0 Å². The van der Waals surface area contributed by atoms with Crippen molar-refractivity contribution < 1.29 is 4.79 Å². The molecule has 4 rings (SSSR count). The lowest BCUT2D eigenvalue weighted by Crippen LogP contribution is -2.27. The first kappa shape index (κ1) is 18.4. The van der Waals surface area contributed by atoms with Crippen LogP contribution in [-0.2, 0) is 0 Å². The average Bonchev–Trinajstić information content (AvgIpc) is 3.29. The zero-order valence-corrected chi connectivity index (χ0v) is 16.0. The second-order valence-electron chi connectivity index (χ2n) is 6.71. The van der Waals surface area contributed by atoms with Gasteiger partial charge in [0.1, 0.15) is 6.33 Å². The lowest BCUT2D eigenvalue weighted by atomic mass is 10.0. The molecule has 8 nitrogen and oxygen atoms in total. The van der Waals surface area contributed by atoms with Crippen molar-refractivity contribution in [1.29, 1.82) is 0 Å². The second-order valence-corrected chi connectivity index (χ2v) is 6.71.